The Morgan fingerprint density at radius 3 is 2.76 bits per heavy atom. The summed E-state index contributed by atoms with van der Waals surface area (Å²) in [5, 5.41) is 15.2. The van der Waals surface area contributed by atoms with Crippen LogP contribution in [0, 0.1) is 0 Å². The third-order valence-corrected chi connectivity index (χ3v) is 4.78. The Balaban J connectivity index is 1.61. The number of aliphatic hydroxyl groups is 1. The third-order valence-electron chi connectivity index (χ3n) is 4.78. The van der Waals surface area contributed by atoms with Gasteiger partial charge in [-0.05, 0) is 24.9 Å². The van der Waals surface area contributed by atoms with Crippen LogP contribution in [0.2, 0.25) is 0 Å². The van der Waals surface area contributed by atoms with Crippen LogP contribution in [0.4, 0.5) is 5.82 Å². The average Bonchev–Trinajstić information content (AvgIpc) is 3.01. The van der Waals surface area contributed by atoms with E-state index in [1.165, 1.54) is 10.5 Å². The zero-order chi connectivity index (χ0) is 17.9. The van der Waals surface area contributed by atoms with Gasteiger partial charge in [-0.1, -0.05) is 30.3 Å². The van der Waals surface area contributed by atoms with Crippen LogP contribution < -0.4 is 4.90 Å². The van der Waals surface area contributed by atoms with E-state index in [-0.39, 0.29) is 12.3 Å². The maximum absolute atomic E-state index is 12.6. The Labute approximate surface area is 148 Å². The number of aromatic nitrogens is 2. The summed E-state index contributed by atoms with van der Waals surface area (Å²) in [6.45, 7) is 2.26. The summed E-state index contributed by atoms with van der Waals surface area (Å²) in [7, 11) is 3.52. The van der Waals surface area contributed by atoms with Crippen LogP contribution in [0.25, 0.3) is 0 Å². The molecule has 1 aromatic carbocycles. The van der Waals surface area contributed by atoms with Crippen molar-refractivity contribution in [1.29, 1.82) is 0 Å². The van der Waals surface area contributed by atoms with Crippen molar-refractivity contribution in [3.8, 4) is 0 Å². The van der Waals surface area contributed by atoms with Crippen molar-refractivity contribution in [3.05, 3.63) is 48.2 Å². The number of anilines is 1. The summed E-state index contributed by atoms with van der Waals surface area (Å²) in [5.74, 6) is 0.496. The van der Waals surface area contributed by atoms with Gasteiger partial charge in [0.25, 0.3) is 0 Å². The fourth-order valence-electron chi connectivity index (χ4n) is 3.44. The van der Waals surface area contributed by atoms with Crippen molar-refractivity contribution in [2.75, 3.05) is 25.0 Å². The Kier molecular flexibility index (Phi) is 5.20. The smallest absolute Gasteiger partial charge is 0.230 e. The van der Waals surface area contributed by atoms with E-state index in [0.717, 1.165) is 19.5 Å². The normalized spacial score (nSPS) is 21.2. The summed E-state index contributed by atoms with van der Waals surface area (Å²) < 4.78 is 1.66. The molecule has 1 saturated heterocycles. The second kappa shape index (κ2) is 7.37. The number of carbonyl (C=O) groups excluding carboxylic acids is 1. The predicted molar refractivity (Wildman–Crippen MR) is 97.1 cm³/mol. The average molecular weight is 342 g/mol. The summed E-state index contributed by atoms with van der Waals surface area (Å²) in [6, 6.07) is 12.0. The zero-order valence-corrected chi connectivity index (χ0v) is 14.9. The molecule has 3 rings (SSSR count). The number of piperidine rings is 1. The third kappa shape index (κ3) is 4.46. The molecule has 1 unspecified atom stereocenters. The molecule has 25 heavy (non-hydrogen) atoms. The number of likely N-dealkylation sites (tertiary alicyclic amines) is 1. The first kappa shape index (κ1) is 17.6. The fourth-order valence-corrected chi connectivity index (χ4v) is 3.44. The number of benzene rings is 1. The van der Waals surface area contributed by atoms with Crippen molar-refractivity contribution in [2.45, 2.75) is 31.4 Å². The van der Waals surface area contributed by atoms with Crippen LogP contribution in [-0.2, 0) is 18.4 Å². The second-order valence-corrected chi connectivity index (χ2v) is 7.00. The van der Waals surface area contributed by atoms with E-state index in [4.69, 9.17) is 0 Å². The van der Waals surface area contributed by atoms with Gasteiger partial charge in [-0.3, -0.25) is 19.3 Å². The van der Waals surface area contributed by atoms with E-state index >= 15 is 0 Å². The largest absolute Gasteiger partial charge is 0.388 e. The van der Waals surface area contributed by atoms with E-state index in [9.17, 15) is 9.90 Å². The maximum atomic E-state index is 12.6. The van der Waals surface area contributed by atoms with Gasteiger partial charge in [0.05, 0.1) is 12.0 Å². The van der Waals surface area contributed by atoms with Gasteiger partial charge >= 0.3 is 0 Å². The fraction of sp³-hybridized carbons (Fsp3) is 0.474. The van der Waals surface area contributed by atoms with E-state index < -0.39 is 5.60 Å². The number of carbonyl (C=O) groups is 1. The summed E-state index contributed by atoms with van der Waals surface area (Å²) in [4.78, 5) is 16.3. The molecule has 134 valence electrons. The highest BCUT2D eigenvalue weighted by Crippen LogP contribution is 2.27. The Hall–Kier alpha value is -2.18. The van der Waals surface area contributed by atoms with E-state index in [0.29, 0.717) is 18.8 Å². The first-order valence-electron chi connectivity index (χ1n) is 8.70. The summed E-state index contributed by atoms with van der Waals surface area (Å²) >= 11 is 0. The molecule has 1 aromatic heterocycles. The standard InChI is InChI=1S/C19H26N4O2/c1-21-12-9-17(20-21)22(2)18(24)13-19(25)10-6-11-23(15-19)14-16-7-4-3-5-8-16/h3-5,7-9,12,25H,6,10-11,13-15H2,1-2H3. The quantitative estimate of drug-likeness (QED) is 0.900. The van der Waals surface area contributed by atoms with Gasteiger partial charge in [0.1, 0.15) is 0 Å². The monoisotopic (exact) mass is 342 g/mol. The Bertz CT molecular complexity index is 715. The van der Waals surface area contributed by atoms with Crippen LogP contribution in [0.15, 0.2) is 42.6 Å². The first-order chi connectivity index (χ1) is 12.0. The lowest BCUT2D eigenvalue weighted by Gasteiger charge is -2.39. The number of nitrogens with zero attached hydrogens (tertiary/aromatic N) is 4. The molecule has 1 aliphatic heterocycles. The SMILES string of the molecule is CN(C(=O)CC1(O)CCCN(Cc2ccccc2)C1)c1ccn(C)n1. The van der Waals surface area contributed by atoms with Crippen molar-refractivity contribution < 1.29 is 9.90 Å². The minimum atomic E-state index is -0.979. The lowest BCUT2D eigenvalue weighted by Crippen LogP contribution is -2.50. The second-order valence-electron chi connectivity index (χ2n) is 7.00. The molecule has 6 heteroatoms. The number of hydrogen-bond acceptors (Lipinski definition) is 4. The maximum Gasteiger partial charge on any atom is 0.230 e. The van der Waals surface area contributed by atoms with Gasteiger partial charge in [-0.15, -0.1) is 0 Å². The van der Waals surface area contributed by atoms with Gasteiger partial charge in [0, 0.05) is 39.4 Å². The predicted octanol–water partition coefficient (Wildman–Crippen LogP) is 1.80. The molecule has 2 aromatic rings. The van der Waals surface area contributed by atoms with E-state index in [1.54, 1.807) is 24.0 Å². The summed E-state index contributed by atoms with van der Waals surface area (Å²) in [5.41, 5.74) is 0.247. The lowest BCUT2D eigenvalue weighted by atomic mass is 9.89. The van der Waals surface area contributed by atoms with Crippen LogP contribution in [0.5, 0.6) is 0 Å². The van der Waals surface area contributed by atoms with Crippen LogP contribution >= 0.6 is 0 Å². The van der Waals surface area contributed by atoms with Crippen LogP contribution in [0.3, 0.4) is 0 Å². The van der Waals surface area contributed by atoms with Gasteiger partial charge in [-0.25, -0.2) is 0 Å². The minimum Gasteiger partial charge on any atom is -0.388 e. The van der Waals surface area contributed by atoms with Gasteiger partial charge in [-0.2, -0.15) is 5.10 Å². The van der Waals surface area contributed by atoms with Crippen molar-refractivity contribution in [3.63, 3.8) is 0 Å². The molecular formula is C19H26N4O2. The minimum absolute atomic E-state index is 0.109. The number of rotatable bonds is 5. The molecule has 0 saturated carbocycles. The van der Waals surface area contributed by atoms with Gasteiger partial charge in [0.2, 0.25) is 5.91 Å². The topological polar surface area (TPSA) is 61.6 Å². The molecule has 0 bridgehead atoms. The molecule has 2 heterocycles. The van der Waals surface area contributed by atoms with Crippen molar-refractivity contribution in [2.24, 2.45) is 7.05 Å². The number of amides is 1. The molecular weight excluding hydrogens is 316 g/mol. The van der Waals surface area contributed by atoms with Crippen molar-refractivity contribution in [1.82, 2.24) is 14.7 Å². The highest BCUT2D eigenvalue weighted by molar-refractivity contribution is 5.92. The molecule has 1 N–H and O–H groups in total. The highest BCUT2D eigenvalue weighted by Gasteiger charge is 2.36. The van der Waals surface area contributed by atoms with Gasteiger partial charge in [0.15, 0.2) is 5.82 Å². The molecule has 1 amide bonds. The molecule has 0 aliphatic carbocycles. The van der Waals surface area contributed by atoms with Crippen LogP contribution in [0.1, 0.15) is 24.8 Å². The molecule has 1 atom stereocenters. The highest BCUT2D eigenvalue weighted by atomic mass is 16.3. The Morgan fingerprint density at radius 1 is 1.32 bits per heavy atom. The van der Waals surface area contributed by atoms with E-state index in [1.807, 2.05) is 25.2 Å². The van der Waals surface area contributed by atoms with E-state index in [2.05, 4.69) is 22.1 Å². The van der Waals surface area contributed by atoms with Crippen LogP contribution in [-0.4, -0.2) is 51.4 Å². The molecule has 0 radical (unpaired) electrons. The Morgan fingerprint density at radius 2 is 2.08 bits per heavy atom. The first-order valence-corrected chi connectivity index (χ1v) is 8.70. The number of hydrogen-bond donors (Lipinski definition) is 1. The zero-order valence-electron chi connectivity index (χ0n) is 14.9. The number of β-amino-alcohol motifs (C(OH)–C–C–N with tert-alkyl or cyclic N) is 1. The molecule has 1 aliphatic rings. The lowest BCUT2D eigenvalue weighted by molar-refractivity contribution is -0.126. The summed E-state index contributed by atoms with van der Waals surface area (Å²) in [6.07, 6.45) is 3.46. The molecule has 1 fully saturated rings. The van der Waals surface area contributed by atoms with Crippen molar-refractivity contribution >= 4 is 11.7 Å². The molecule has 0 spiro atoms. The van der Waals surface area contributed by atoms with Gasteiger partial charge < -0.3 is 5.11 Å². The number of aryl methyl sites for hydroxylation is 1. The molecule has 6 nitrogen and oxygen atoms in total.